The van der Waals surface area contributed by atoms with Gasteiger partial charge in [0.25, 0.3) is 0 Å². The zero-order valence-corrected chi connectivity index (χ0v) is 10.6. The molecule has 3 N–H and O–H groups in total. The molecule has 0 aliphatic heterocycles. The van der Waals surface area contributed by atoms with Crippen LogP contribution in [0.5, 0.6) is 0 Å². The molecule has 0 aromatic heterocycles. The van der Waals surface area contributed by atoms with Gasteiger partial charge in [-0.25, -0.2) is 0 Å². The summed E-state index contributed by atoms with van der Waals surface area (Å²) in [5.41, 5.74) is -0.509. The maximum atomic E-state index is 11.9. The van der Waals surface area contributed by atoms with Crippen LogP contribution in [-0.2, 0) is 9.59 Å². The number of rotatable bonds is 6. The van der Waals surface area contributed by atoms with Gasteiger partial charge < -0.3 is 15.7 Å². The number of carboxylic acid groups (broad SMARTS) is 1. The number of nitrogens with one attached hydrogen (secondary N) is 2. The van der Waals surface area contributed by atoms with Crippen LogP contribution in [0.4, 0.5) is 0 Å². The van der Waals surface area contributed by atoms with E-state index in [1.807, 2.05) is 6.92 Å². The molecule has 0 heterocycles. The summed E-state index contributed by atoms with van der Waals surface area (Å²) in [6.07, 6.45) is 3.57. The first kappa shape index (κ1) is 14.0. The lowest BCUT2D eigenvalue weighted by Gasteiger charge is -2.30. The average molecular weight is 242 g/mol. The van der Waals surface area contributed by atoms with Crippen molar-refractivity contribution in [3.05, 3.63) is 0 Å². The summed E-state index contributed by atoms with van der Waals surface area (Å²) in [4.78, 5) is 22.8. The van der Waals surface area contributed by atoms with Crippen molar-refractivity contribution >= 4 is 11.9 Å². The molecular weight excluding hydrogens is 220 g/mol. The van der Waals surface area contributed by atoms with Gasteiger partial charge in [0, 0.05) is 12.5 Å². The second-order valence-electron chi connectivity index (χ2n) is 5.01. The minimum Gasteiger partial charge on any atom is -0.481 e. The molecule has 17 heavy (non-hydrogen) atoms. The zero-order valence-electron chi connectivity index (χ0n) is 10.6. The Morgan fingerprint density at radius 2 is 1.94 bits per heavy atom. The van der Waals surface area contributed by atoms with E-state index in [-0.39, 0.29) is 18.2 Å². The third-order valence-corrected chi connectivity index (χ3v) is 3.40. The Morgan fingerprint density at radius 1 is 1.35 bits per heavy atom. The monoisotopic (exact) mass is 242 g/mol. The second-order valence-corrected chi connectivity index (χ2v) is 5.01. The molecule has 5 heteroatoms. The summed E-state index contributed by atoms with van der Waals surface area (Å²) in [6, 6.07) is 0. The Hall–Kier alpha value is -1.10. The zero-order chi connectivity index (χ0) is 12.9. The molecule has 0 aromatic carbocycles. The minimum absolute atomic E-state index is 0.0328. The molecule has 1 atom stereocenters. The van der Waals surface area contributed by atoms with E-state index in [9.17, 15) is 9.59 Å². The van der Waals surface area contributed by atoms with Gasteiger partial charge in [-0.1, -0.05) is 19.8 Å². The van der Waals surface area contributed by atoms with Crippen molar-refractivity contribution in [2.75, 3.05) is 13.6 Å². The Kier molecular flexibility index (Phi) is 4.93. The average Bonchev–Trinajstić information content (AvgIpc) is 2.65. The Labute approximate surface area is 102 Å². The number of carbonyl (C=O) groups excluding carboxylic acids is 1. The summed E-state index contributed by atoms with van der Waals surface area (Å²) in [7, 11) is 1.80. The van der Waals surface area contributed by atoms with Crippen molar-refractivity contribution in [3.63, 3.8) is 0 Å². The van der Waals surface area contributed by atoms with Crippen LogP contribution < -0.4 is 10.6 Å². The van der Waals surface area contributed by atoms with Crippen molar-refractivity contribution < 1.29 is 14.7 Å². The number of hydrogen-bond donors (Lipinski definition) is 3. The molecule has 1 aliphatic rings. The highest BCUT2D eigenvalue weighted by Crippen LogP contribution is 2.32. The van der Waals surface area contributed by atoms with Crippen LogP contribution in [0.25, 0.3) is 0 Å². The van der Waals surface area contributed by atoms with Crippen molar-refractivity contribution in [2.24, 2.45) is 5.92 Å². The normalized spacial score (nSPS) is 19.9. The molecule has 1 saturated carbocycles. The highest BCUT2D eigenvalue weighted by molar-refractivity contribution is 5.80. The van der Waals surface area contributed by atoms with E-state index in [1.165, 1.54) is 0 Å². The fraction of sp³-hybridized carbons (Fsp3) is 0.833. The predicted octanol–water partition coefficient (Wildman–Crippen LogP) is 0.746. The van der Waals surface area contributed by atoms with Gasteiger partial charge >= 0.3 is 5.97 Å². The van der Waals surface area contributed by atoms with E-state index in [0.717, 1.165) is 25.7 Å². The molecule has 1 aliphatic carbocycles. The number of hydrogen-bond acceptors (Lipinski definition) is 3. The van der Waals surface area contributed by atoms with Crippen molar-refractivity contribution in [1.82, 2.24) is 10.6 Å². The molecule has 1 amide bonds. The van der Waals surface area contributed by atoms with Gasteiger partial charge in [-0.2, -0.15) is 0 Å². The van der Waals surface area contributed by atoms with Gasteiger partial charge in [-0.15, -0.1) is 0 Å². The number of amides is 1. The van der Waals surface area contributed by atoms with E-state index >= 15 is 0 Å². The molecule has 98 valence electrons. The molecule has 0 radical (unpaired) electrons. The van der Waals surface area contributed by atoms with E-state index in [2.05, 4.69) is 10.6 Å². The van der Waals surface area contributed by atoms with Crippen LogP contribution in [0, 0.1) is 5.92 Å². The van der Waals surface area contributed by atoms with Crippen LogP contribution in [0.15, 0.2) is 0 Å². The molecule has 0 spiro atoms. The summed E-state index contributed by atoms with van der Waals surface area (Å²) in [5, 5.41) is 14.8. The van der Waals surface area contributed by atoms with Gasteiger partial charge in [0.15, 0.2) is 0 Å². The van der Waals surface area contributed by atoms with Gasteiger partial charge in [0.1, 0.15) is 0 Å². The summed E-state index contributed by atoms with van der Waals surface area (Å²) in [5.74, 6) is -1.03. The highest BCUT2D eigenvalue weighted by atomic mass is 16.4. The topological polar surface area (TPSA) is 78.4 Å². The van der Waals surface area contributed by atoms with E-state index in [4.69, 9.17) is 5.11 Å². The molecule has 0 saturated heterocycles. The van der Waals surface area contributed by atoms with Gasteiger partial charge in [0.2, 0.25) is 5.91 Å². The molecule has 1 fully saturated rings. The Balaban J connectivity index is 2.60. The Morgan fingerprint density at radius 3 is 2.41 bits per heavy atom. The molecule has 0 aromatic rings. The molecule has 1 unspecified atom stereocenters. The third kappa shape index (κ3) is 4.00. The number of carboxylic acids is 1. The summed E-state index contributed by atoms with van der Waals surface area (Å²) in [6.45, 7) is 2.45. The van der Waals surface area contributed by atoms with Gasteiger partial charge in [-0.05, 0) is 19.9 Å². The standard InChI is InChI=1S/C12H22N2O3/c1-9(8-13-2)11(17)14-12(7-10(15)16)5-3-4-6-12/h9,13H,3-8H2,1-2H3,(H,14,17)(H,15,16). The lowest BCUT2D eigenvalue weighted by atomic mass is 9.92. The maximum absolute atomic E-state index is 11.9. The van der Waals surface area contributed by atoms with E-state index in [0.29, 0.717) is 6.54 Å². The van der Waals surface area contributed by atoms with Gasteiger partial charge in [0.05, 0.1) is 12.0 Å². The van der Waals surface area contributed by atoms with Crippen molar-refractivity contribution in [3.8, 4) is 0 Å². The summed E-state index contributed by atoms with van der Waals surface area (Å²) < 4.78 is 0. The van der Waals surface area contributed by atoms with E-state index < -0.39 is 11.5 Å². The fourth-order valence-corrected chi connectivity index (χ4v) is 2.47. The smallest absolute Gasteiger partial charge is 0.305 e. The van der Waals surface area contributed by atoms with Crippen molar-refractivity contribution in [2.45, 2.75) is 44.6 Å². The van der Waals surface area contributed by atoms with Crippen LogP contribution in [-0.4, -0.2) is 36.1 Å². The molecule has 5 nitrogen and oxygen atoms in total. The third-order valence-electron chi connectivity index (χ3n) is 3.40. The van der Waals surface area contributed by atoms with Crippen molar-refractivity contribution in [1.29, 1.82) is 0 Å². The fourth-order valence-electron chi connectivity index (χ4n) is 2.47. The number of carbonyl (C=O) groups is 2. The number of aliphatic carboxylic acids is 1. The van der Waals surface area contributed by atoms with E-state index in [1.54, 1.807) is 7.05 Å². The van der Waals surface area contributed by atoms with Crippen LogP contribution >= 0.6 is 0 Å². The first-order valence-electron chi connectivity index (χ1n) is 6.17. The quantitative estimate of drug-likeness (QED) is 0.642. The Bertz CT molecular complexity index is 285. The van der Waals surface area contributed by atoms with Crippen LogP contribution in [0.1, 0.15) is 39.0 Å². The summed E-state index contributed by atoms with van der Waals surface area (Å²) >= 11 is 0. The predicted molar refractivity (Wildman–Crippen MR) is 64.7 cm³/mol. The molecule has 0 bridgehead atoms. The molecule has 1 rings (SSSR count). The lowest BCUT2D eigenvalue weighted by molar-refractivity contribution is -0.139. The lowest BCUT2D eigenvalue weighted by Crippen LogP contribution is -2.50. The second kappa shape index (κ2) is 6.00. The maximum Gasteiger partial charge on any atom is 0.305 e. The van der Waals surface area contributed by atoms with Crippen LogP contribution in [0.2, 0.25) is 0 Å². The SMILES string of the molecule is CNCC(C)C(=O)NC1(CC(=O)O)CCCC1. The largest absolute Gasteiger partial charge is 0.481 e. The first-order valence-corrected chi connectivity index (χ1v) is 6.17. The first-order chi connectivity index (χ1) is 7.99. The van der Waals surface area contributed by atoms with Gasteiger partial charge in [-0.3, -0.25) is 9.59 Å². The van der Waals surface area contributed by atoms with Crippen LogP contribution in [0.3, 0.4) is 0 Å². The molecular formula is C12H22N2O3. The minimum atomic E-state index is -0.839. The highest BCUT2D eigenvalue weighted by Gasteiger charge is 2.38.